The van der Waals surface area contributed by atoms with Crippen LogP contribution in [-0.4, -0.2) is 0 Å². The largest absolute Gasteiger partial charge is 0.789 e. The maximum Gasteiger partial charge on any atom is 0 e. The normalized spacial score (nSPS) is 11.0. The summed E-state index contributed by atoms with van der Waals surface area (Å²) < 4.78 is 0. The minimum Gasteiger partial charge on any atom is -0.789 e. The number of hydrogen-bond acceptors (Lipinski definition) is 4. The van der Waals surface area contributed by atoms with Crippen LogP contribution in [0.2, 0.25) is 0 Å². The van der Waals surface area contributed by atoms with Crippen molar-refractivity contribution in [3.05, 3.63) is 81.6 Å². The molecule has 0 spiro atoms. The maximum absolute atomic E-state index is 5.01. The quantitative estimate of drug-likeness (QED) is 0.508. The summed E-state index contributed by atoms with van der Waals surface area (Å²) in [6, 6.07) is 16.1. The van der Waals surface area contributed by atoms with Crippen LogP contribution in [0.25, 0.3) is 9.81 Å². The average molecular weight is 419 g/mol. The smallest absolute Gasteiger partial charge is 0 e. The van der Waals surface area contributed by atoms with Gasteiger partial charge in [0.25, 0.3) is 0 Å². The van der Waals surface area contributed by atoms with Crippen LogP contribution in [0.4, 0.5) is 0 Å². The monoisotopic (exact) mass is 418 g/mol. The Hall–Kier alpha value is -0.706. The molecule has 0 nitrogen and oxygen atoms in total. The van der Waals surface area contributed by atoms with Crippen LogP contribution in [-0.2, 0) is 67.0 Å². The van der Waals surface area contributed by atoms with Crippen LogP contribution in [0.5, 0.6) is 0 Å². The minimum atomic E-state index is 0. The molecule has 0 aliphatic rings. The van der Waals surface area contributed by atoms with Gasteiger partial charge in [0.05, 0.1) is 0 Å². The first-order valence-corrected chi connectivity index (χ1v) is 8.36. The summed E-state index contributed by atoms with van der Waals surface area (Å²) in [7, 11) is 0. The molecule has 126 valence electrons. The molecule has 0 amide bonds. The molecule has 2 aromatic carbocycles. The predicted molar refractivity (Wildman–Crippen MR) is 108 cm³/mol. The van der Waals surface area contributed by atoms with Crippen molar-refractivity contribution in [2.24, 2.45) is 0 Å². The zero-order chi connectivity index (χ0) is 16.5. The number of rotatable bonds is 2. The van der Waals surface area contributed by atoms with Crippen LogP contribution < -0.4 is 0 Å². The van der Waals surface area contributed by atoms with Gasteiger partial charge in [0.15, 0.2) is 0 Å². The summed E-state index contributed by atoms with van der Waals surface area (Å²) in [5.74, 6) is 0. The molecule has 5 heteroatoms. The molecule has 0 N–H and O–H groups in total. The first-order valence-electron chi connectivity index (χ1n) is 6.60. The maximum atomic E-state index is 5.01. The van der Waals surface area contributed by atoms with Crippen LogP contribution in [0.1, 0.15) is 22.3 Å². The van der Waals surface area contributed by atoms with Crippen molar-refractivity contribution in [3.63, 3.8) is 0 Å². The van der Waals surface area contributed by atoms with Crippen LogP contribution in [0, 0.1) is 13.8 Å². The molecule has 0 saturated carbocycles. The van der Waals surface area contributed by atoms with Gasteiger partial charge in [-0.25, -0.2) is 10.8 Å². The summed E-state index contributed by atoms with van der Waals surface area (Å²) in [6.07, 6.45) is 0. The zero-order valence-corrected chi connectivity index (χ0v) is 17.0. The van der Waals surface area contributed by atoms with E-state index in [0.29, 0.717) is 0 Å². The van der Waals surface area contributed by atoms with Gasteiger partial charge in [-0.1, -0.05) is 59.7 Å². The molecule has 0 aliphatic carbocycles. The molecular formula is C18H16NiS4-4. The Morgan fingerprint density at radius 3 is 1.13 bits per heavy atom. The second-order valence-corrected chi connectivity index (χ2v) is 6.05. The van der Waals surface area contributed by atoms with Crippen molar-refractivity contribution in [3.8, 4) is 0 Å². The van der Waals surface area contributed by atoms with Crippen LogP contribution in [0.3, 0.4) is 0 Å². The first kappa shape index (κ1) is 22.3. The van der Waals surface area contributed by atoms with Gasteiger partial charge in [0.2, 0.25) is 0 Å². The van der Waals surface area contributed by atoms with Gasteiger partial charge in [0.1, 0.15) is 0 Å². The van der Waals surface area contributed by atoms with E-state index in [1.807, 2.05) is 62.4 Å². The second kappa shape index (κ2) is 11.8. The van der Waals surface area contributed by atoms with Gasteiger partial charge >= 0.3 is 0 Å². The molecule has 0 heterocycles. The van der Waals surface area contributed by atoms with Gasteiger partial charge in [-0.15, -0.1) is 0 Å². The van der Waals surface area contributed by atoms with Crippen molar-refractivity contribution in [1.29, 1.82) is 0 Å². The Balaban J connectivity index is 0.000000403. The van der Waals surface area contributed by atoms with Crippen molar-refractivity contribution >= 4 is 60.3 Å². The molecule has 23 heavy (non-hydrogen) atoms. The predicted octanol–water partition coefficient (Wildman–Crippen LogP) is 4.77. The molecule has 0 aromatic heterocycles. The van der Waals surface area contributed by atoms with E-state index in [9.17, 15) is 0 Å². The van der Waals surface area contributed by atoms with Crippen molar-refractivity contribution in [1.82, 2.24) is 0 Å². The molecule has 0 bridgehead atoms. The van der Waals surface area contributed by atoms with E-state index in [4.69, 9.17) is 50.5 Å². The van der Waals surface area contributed by atoms with Crippen molar-refractivity contribution in [2.45, 2.75) is 13.8 Å². The molecule has 0 saturated heterocycles. The number of benzene rings is 2. The second-order valence-electron chi connectivity index (χ2n) is 4.70. The van der Waals surface area contributed by atoms with Gasteiger partial charge in [-0.2, -0.15) is 9.81 Å². The Labute approximate surface area is 171 Å². The molecule has 0 fully saturated rings. The van der Waals surface area contributed by atoms with E-state index in [1.165, 1.54) is 21.9 Å². The number of hydrogen-bond donors (Lipinski definition) is 0. The van der Waals surface area contributed by atoms with E-state index < -0.39 is 0 Å². The number of aryl methyl sites for hydroxylation is 2. The van der Waals surface area contributed by atoms with Crippen molar-refractivity contribution < 1.29 is 16.5 Å². The van der Waals surface area contributed by atoms with Crippen molar-refractivity contribution in [2.75, 3.05) is 0 Å². The van der Waals surface area contributed by atoms with Gasteiger partial charge in [0, 0.05) is 16.5 Å². The Morgan fingerprint density at radius 1 is 0.652 bits per heavy atom. The van der Waals surface area contributed by atoms with E-state index in [1.54, 1.807) is 0 Å². The first-order chi connectivity index (χ1) is 10.5. The summed E-state index contributed by atoms with van der Waals surface area (Å²) in [5.41, 5.74) is 4.53. The molecule has 2 rings (SSSR count). The Bertz CT molecular complexity index is 584. The van der Waals surface area contributed by atoms with E-state index in [2.05, 4.69) is 0 Å². The molecule has 2 aromatic rings. The fraction of sp³-hybridized carbons (Fsp3) is 0.111. The third-order valence-electron chi connectivity index (χ3n) is 2.89. The van der Waals surface area contributed by atoms with Crippen LogP contribution in [0.15, 0.2) is 59.3 Å². The SMILES string of the molecule is Cc1ccc(/C([S-])=C/[S-])cc1.Cc1ccc(/C([S-])=C/[S-])cc1.[Ni]. The Morgan fingerprint density at radius 2 is 0.913 bits per heavy atom. The molecule has 0 radical (unpaired) electrons. The van der Waals surface area contributed by atoms with Gasteiger partial charge in [-0.05, 0) is 25.0 Å². The van der Waals surface area contributed by atoms with Gasteiger partial charge in [-0.3, -0.25) is 0 Å². The summed E-state index contributed by atoms with van der Waals surface area (Å²) in [6.45, 7) is 4.09. The summed E-state index contributed by atoms with van der Waals surface area (Å²) >= 11 is 19.5. The minimum absolute atomic E-state index is 0. The van der Waals surface area contributed by atoms with Gasteiger partial charge < -0.3 is 50.5 Å². The van der Waals surface area contributed by atoms with E-state index in [-0.39, 0.29) is 16.5 Å². The van der Waals surface area contributed by atoms with E-state index >= 15 is 0 Å². The fourth-order valence-corrected chi connectivity index (χ4v) is 2.12. The Kier molecular flexibility index (Phi) is 11.4. The van der Waals surface area contributed by atoms with E-state index in [0.717, 1.165) is 20.9 Å². The third kappa shape index (κ3) is 8.09. The third-order valence-corrected chi connectivity index (χ3v) is 4.36. The standard InChI is InChI=1S/2C9H10S2.Ni/c2*1-7-2-4-8(5-3-7)9(11)6-10;/h2*2-6,10-11H,1H3;/p-4/b2*9-6-;. The topological polar surface area (TPSA) is 0 Å². The molecule has 0 atom stereocenters. The summed E-state index contributed by atoms with van der Waals surface area (Å²) in [4.78, 5) is 1.47. The molecule has 0 aliphatic heterocycles. The molecular weight excluding hydrogens is 403 g/mol. The fourth-order valence-electron chi connectivity index (χ4n) is 1.57. The van der Waals surface area contributed by atoms with Crippen LogP contribution >= 0.6 is 0 Å². The average Bonchev–Trinajstić information content (AvgIpc) is 2.55. The summed E-state index contributed by atoms with van der Waals surface area (Å²) in [5, 5.41) is 3.06. The zero-order valence-electron chi connectivity index (χ0n) is 12.7. The molecule has 0 unspecified atom stereocenters.